The summed E-state index contributed by atoms with van der Waals surface area (Å²) in [7, 11) is 0. The van der Waals surface area contributed by atoms with Gasteiger partial charge in [0.1, 0.15) is 10.7 Å². The van der Waals surface area contributed by atoms with Crippen LogP contribution in [-0.4, -0.2) is 16.1 Å². The highest BCUT2D eigenvalue weighted by Gasteiger charge is 2.18. The molecule has 4 heteroatoms. The van der Waals surface area contributed by atoms with Gasteiger partial charge < -0.3 is 5.11 Å². The molecule has 0 bridgehead atoms. The lowest BCUT2D eigenvalue weighted by Gasteiger charge is -2.11. The second-order valence-electron chi connectivity index (χ2n) is 4.12. The minimum Gasteiger partial charge on any atom is -0.478 e. The lowest BCUT2D eigenvalue weighted by Crippen LogP contribution is -2.06. The van der Waals surface area contributed by atoms with Crippen molar-refractivity contribution in [1.29, 1.82) is 0 Å². The molecule has 1 aromatic heterocycles. The van der Waals surface area contributed by atoms with Crippen molar-refractivity contribution >= 4 is 28.5 Å². The number of benzene rings is 1. The van der Waals surface area contributed by atoms with Crippen LogP contribution in [0.3, 0.4) is 0 Å². The third-order valence-corrected chi connectivity index (χ3v) is 3.36. The Hall–Kier alpha value is -1.61. The van der Waals surface area contributed by atoms with E-state index in [9.17, 15) is 9.90 Å². The zero-order valence-corrected chi connectivity index (χ0v) is 11.1. The Morgan fingerprint density at radius 1 is 1.33 bits per heavy atom. The van der Waals surface area contributed by atoms with Crippen LogP contribution in [0.15, 0.2) is 18.2 Å². The van der Waals surface area contributed by atoms with E-state index >= 15 is 0 Å². The molecule has 1 aromatic carbocycles. The Morgan fingerprint density at radius 2 is 2.06 bits per heavy atom. The summed E-state index contributed by atoms with van der Waals surface area (Å²) in [5, 5.41) is 10.2. The first-order valence-corrected chi connectivity index (χ1v) is 6.30. The molecular weight excluding hydrogens is 250 g/mol. The number of carboxylic acids is 1. The molecule has 2 rings (SSSR count). The smallest absolute Gasteiger partial charge is 0.339 e. The molecule has 0 amide bonds. The van der Waals surface area contributed by atoms with Gasteiger partial charge in [-0.05, 0) is 36.1 Å². The number of carboxylic acid groups (broad SMARTS) is 1. The van der Waals surface area contributed by atoms with Crippen LogP contribution in [0.5, 0.6) is 0 Å². The number of rotatable bonds is 3. The van der Waals surface area contributed by atoms with Crippen LogP contribution in [0, 0.1) is 0 Å². The van der Waals surface area contributed by atoms with E-state index in [2.05, 4.69) is 11.9 Å². The number of carbonyl (C=O) groups is 1. The maximum Gasteiger partial charge on any atom is 0.339 e. The van der Waals surface area contributed by atoms with E-state index in [4.69, 9.17) is 11.6 Å². The topological polar surface area (TPSA) is 50.2 Å². The standard InChI is InChI=1S/C14H14ClNO2/c1-3-8-5-6-11-10(7-8)9(4-2)12(14(17)18)13(15)16-11/h5-7H,3-4H2,1-2H3,(H,17,18). The van der Waals surface area contributed by atoms with E-state index in [-0.39, 0.29) is 10.7 Å². The maximum atomic E-state index is 11.3. The van der Waals surface area contributed by atoms with E-state index in [1.54, 1.807) is 0 Å². The third-order valence-electron chi connectivity index (χ3n) is 3.09. The summed E-state index contributed by atoms with van der Waals surface area (Å²) in [6.07, 6.45) is 1.53. The number of hydrogen-bond acceptors (Lipinski definition) is 2. The summed E-state index contributed by atoms with van der Waals surface area (Å²) in [5.74, 6) is -1.02. The number of nitrogens with zero attached hydrogens (tertiary/aromatic N) is 1. The molecule has 0 spiro atoms. The predicted octanol–water partition coefficient (Wildman–Crippen LogP) is 3.71. The summed E-state index contributed by atoms with van der Waals surface area (Å²) in [4.78, 5) is 15.4. The quantitative estimate of drug-likeness (QED) is 0.859. The fraction of sp³-hybridized carbons (Fsp3) is 0.286. The van der Waals surface area contributed by atoms with E-state index < -0.39 is 5.97 Å². The van der Waals surface area contributed by atoms with Crippen LogP contribution >= 0.6 is 11.6 Å². The van der Waals surface area contributed by atoms with Gasteiger partial charge in [-0.1, -0.05) is 31.5 Å². The van der Waals surface area contributed by atoms with Crippen molar-refractivity contribution in [3.8, 4) is 0 Å². The molecule has 1 N–H and O–H groups in total. The second-order valence-corrected chi connectivity index (χ2v) is 4.48. The zero-order valence-electron chi connectivity index (χ0n) is 10.3. The molecule has 0 aliphatic rings. The number of aryl methyl sites for hydroxylation is 2. The average Bonchev–Trinajstić information content (AvgIpc) is 2.36. The number of hydrogen-bond donors (Lipinski definition) is 1. The molecule has 2 aromatic rings. The van der Waals surface area contributed by atoms with Gasteiger partial charge in [0.25, 0.3) is 0 Å². The average molecular weight is 264 g/mol. The number of pyridine rings is 1. The number of halogens is 1. The molecule has 0 saturated carbocycles. The molecule has 94 valence electrons. The van der Waals surface area contributed by atoms with Crippen LogP contribution in [0.4, 0.5) is 0 Å². The lowest BCUT2D eigenvalue weighted by atomic mass is 9.99. The predicted molar refractivity (Wildman–Crippen MR) is 72.5 cm³/mol. The highest BCUT2D eigenvalue weighted by molar-refractivity contribution is 6.33. The summed E-state index contributed by atoms with van der Waals surface area (Å²) >= 11 is 5.96. The number of fused-ring (bicyclic) bond motifs is 1. The second kappa shape index (κ2) is 4.94. The Morgan fingerprint density at radius 3 is 2.61 bits per heavy atom. The van der Waals surface area contributed by atoms with Crippen molar-refractivity contribution in [2.24, 2.45) is 0 Å². The molecule has 0 fully saturated rings. The van der Waals surface area contributed by atoms with Crippen LogP contribution in [0.25, 0.3) is 10.9 Å². The molecule has 0 radical (unpaired) electrons. The summed E-state index contributed by atoms with van der Waals surface area (Å²) in [6.45, 7) is 3.99. The Labute approximate surface area is 110 Å². The molecule has 0 atom stereocenters. The van der Waals surface area contributed by atoms with Crippen molar-refractivity contribution in [3.63, 3.8) is 0 Å². The zero-order chi connectivity index (χ0) is 13.3. The Balaban J connectivity index is 2.86. The van der Waals surface area contributed by atoms with Crippen LogP contribution < -0.4 is 0 Å². The van der Waals surface area contributed by atoms with E-state index in [1.165, 1.54) is 0 Å². The Bertz CT molecular complexity index is 623. The highest BCUT2D eigenvalue weighted by atomic mass is 35.5. The van der Waals surface area contributed by atoms with Crippen molar-refractivity contribution in [2.45, 2.75) is 26.7 Å². The first-order chi connectivity index (χ1) is 8.58. The largest absolute Gasteiger partial charge is 0.478 e. The summed E-state index contributed by atoms with van der Waals surface area (Å²) in [5.41, 5.74) is 2.80. The fourth-order valence-corrected chi connectivity index (χ4v) is 2.43. The van der Waals surface area contributed by atoms with Crippen LogP contribution in [0.1, 0.15) is 35.3 Å². The van der Waals surface area contributed by atoms with Crippen molar-refractivity contribution in [3.05, 3.63) is 40.0 Å². The van der Waals surface area contributed by atoms with Gasteiger partial charge >= 0.3 is 5.97 Å². The Kier molecular flexibility index (Phi) is 3.53. The van der Waals surface area contributed by atoms with Crippen molar-refractivity contribution in [2.75, 3.05) is 0 Å². The van der Waals surface area contributed by atoms with E-state index in [0.29, 0.717) is 6.42 Å². The van der Waals surface area contributed by atoms with Gasteiger partial charge in [-0.15, -0.1) is 0 Å². The van der Waals surface area contributed by atoms with Crippen LogP contribution in [0.2, 0.25) is 5.15 Å². The van der Waals surface area contributed by atoms with Gasteiger partial charge in [-0.3, -0.25) is 0 Å². The molecule has 0 saturated heterocycles. The molecule has 0 aliphatic heterocycles. The molecule has 0 unspecified atom stereocenters. The van der Waals surface area contributed by atoms with Gasteiger partial charge in [0.05, 0.1) is 5.52 Å². The van der Waals surface area contributed by atoms with Gasteiger partial charge in [0.2, 0.25) is 0 Å². The fourth-order valence-electron chi connectivity index (χ4n) is 2.15. The van der Waals surface area contributed by atoms with Gasteiger partial charge in [0.15, 0.2) is 0 Å². The maximum absolute atomic E-state index is 11.3. The number of aromatic carboxylic acids is 1. The normalized spacial score (nSPS) is 10.8. The SMILES string of the molecule is CCc1ccc2nc(Cl)c(C(=O)O)c(CC)c2c1. The van der Waals surface area contributed by atoms with Gasteiger partial charge in [-0.25, -0.2) is 9.78 Å². The van der Waals surface area contributed by atoms with Crippen LogP contribution in [-0.2, 0) is 12.8 Å². The lowest BCUT2D eigenvalue weighted by molar-refractivity contribution is 0.0696. The molecular formula is C14H14ClNO2. The first kappa shape index (κ1) is 12.8. The summed E-state index contributed by atoms with van der Waals surface area (Å²) in [6, 6.07) is 5.89. The minimum absolute atomic E-state index is 0.0658. The highest BCUT2D eigenvalue weighted by Crippen LogP contribution is 2.28. The molecule has 0 aliphatic carbocycles. The first-order valence-electron chi connectivity index (χ1n) is 5.92. The third kappa shape index (κ3) is 2.06. The van der Waals surface area contributed by atoms with Crippen molar-refractivity contribution < 1.29 is 9.90 Å². The van der Waals surface area contributed by atoms with E-state index in [1.807, 2.05) is 25.1 Å². The minimum atomic E-state index is -1.02. The van der Waals surface area contributed by atoms with Gasteiger partial charge in [-0.2, -0.15) is 0 Å². The van der Waals surface area contributed by atoms with E-state index in [0.717, 1.165) is 28.5 Å². The van der Waals surface area contributed by atoms with Gasteiger partial charge in [0, 0.05) is 5.39 Å². The number of aromatic nitrogens is 1. The molecule has 3 nitrogen and oxygen atoms in total. The summed E-state index contributed by atoms with van der Waals surface area (Å²) < 4.78 is 0. The molecule has 1 heterocycles. The van der Waals surface area contributed by atoms with Crippen molar-refractivity contribution in [1.82, 2.24) is 4.98 Å². The molecule has 18 heavy (non-hydrogen) atoms. The monoisotopic (exact) mass is 263 g/mol.